The SMILES string of the molecule is CC(C)C1CNCN(c2ccccc2)C[C@H]2CCC(=O)N1C2. The summed E-state index contributed by atoms with van der Waals surface area (Å²) in [6, 6.07) is 10.9. The lowest BCUT2D eigenvalue weighted by Crippen LogP contribution is -2.52. The van der Waals surface area contributed by atoms with Crippen molar-refractivity contribution in [3.05, 3.63) is 30.3 Å². The summed E-state index contributed by atoms with van der Waals surface area (Å²) < 4.78 is 0. The molecule has 2 fully saturated rings. The minimum Gasteiger partial charge on any atom is -0.358 e. The molecule has 0 saturated carbocycles. The van der Waals surface area contributed by atoms with Crippen LogP contribution in [0.3, 0.4) is 0 Å². The average molecular weight is 301 g/mol. The molecule has 22 heavy (non-hydrogen) atoms. The molecule has 1 N–H and O–H groups in total. The molecule has 1 aromatic carbocycles. The molecule has 0 aromatic heterocycles. The van der Waals surface area contributed by atoms with E-state index in [9.17, 15) is 4.79 Å². The molecular weight excluding hydrogens is 274 g/mol. The third-order valence-electron chi connectivity index (χ3n) is 4.97. The minimum absolute atomic E-state index is 0.311. The number of nitrogens with one attached hydrogen (secondary N) is 1. The van der Waals surface area contributed by atoms with Crippen LogP contribution < -0.4 is 10.2 Å². The molecule has 0 aliphatic carbocycles. The zero-order valence-corrected chi connectivity index (χ0v) is 13.7. The Bertz CT molecular complexity index is 502. The first-order chi connectivity index (χ1) is 10.6. The van der Waals surface area contributed by atoms with Crippen molar-refractivity contribution in [1.82, 2.24) is 10.2 Å². The Labute approximate surface area is 133 Å². The third kappa shape index (κ3) is 3.27. The van der Waals surface area contributed by atoms with Crippen LogP contribution in [0.4, 0.5) is 5.69 Å². The molecule has 1 amide bonds. The van der Waals surface area contributed by atoms with E-state index < -0.39 is 0 Å². The molecule has 0 radical (unpaired) electrons. The number of carbonyl (C=O) groups excluding carboxylic acids is 1. The Morgan fingerprint density at radius 3 is 2.68 bits per heavy atom. The topological polar surface area (TPSA) is 35.6 Å². The van der Waals surface area contributed by atoms with Gasteiger partial charge in [-0.15, -0.1) is 0 Å². The minimum atomic E-state index is 0.311. The summed E-state index contributed by atoms with van der Waals surface area (Å²) in [7, 11) is 0. The second-order valence-corrected chi connectivity index (χ2v) is 6.93. The summed E-state index contributed by atoms with van der Waals surface area (Å²) in [5.41, 5.74) is 1.27. The van der Waals surface area contributed by atoms with Gasteiger partial charge in [0.1, 0.15) is 0 Å². The molecule has 2 aliphatic heterocycles. The highest BCUT2D eigenvalue weighted by atomic mass is 16.2. The number of amides is 1. The lowest BCUT2D eigenvalue weighted by atomic mass is 9.93. The van der Waals surface area contributed by atoms with Gasteiger partial charge in [-0.2, -0.15) is 0 Å². The largest absolute Gasteiger partial charge is 0.358 e. The van der Waals surface area contributed by atoms with E-state index >= 15 is 0 Å². The molecule has 1 unspecified atom stereocenters. The molecule has 2 aliphatic rings. The Morgan fingerprint density at radius 2 is 1.95 bits per heavy atom. The van der Waals surface area contributed by atoms with Crippen LogP contribution >= 0.6 is 0 Å². The zero-order chi connectivity index (χ0) is 15.5. The van der Waals surface area contributed by atoms with E-state index in [1.807, 2.05) is 0 Å². The van der Waals surface area contributed by atoms with Gasteiger partial charge >= 0.3 is 0 Å². The van der Waals surface area contributed by atoms with Crippen LogP contribution in [0.2, 0.25) is 0 Å². The second kappa shape index (κ2) is 6.69. The van der Waals surface area contributed by atoms with Crippen LogP contribution in [0.15, 0.2) is 30.3 Å². The molecule has 3 rings (SSSR count). The van der Waals surface area contributed by atoms with Crippen LogP contribution in [0.5, 0.6) is 0 Å². The van der Waals surface area contributed by atoms with Gasteiger partial charge in [0.2, 0.25) is 5.91 Å². The first-order valence-corrected chi connectivity index (χ1v) is 8.45. The number of piperidine rings is 1. The van der Waals surface area contributed by atoms with E-state index in [4.69, 9.17) is 0 Å². The highest BCUT2D eigenvalue weighted by Crippen LogP contribution is 2.26. The Kier molecular flexibility index (Phi) is 4.67. The molecular formula is C18H27N3O. The molecule has 4 heteroatoms. The molecule has 2 atom stereocenters. The number of fused-ring (bicyclic) bond motifs is 2. The average Bonchev–Trinajstić information content (AvgIpc) is 2.60. The van der Waals surface area contributed by atoms with Crippen LogP contribution in [0, 0.1) is 11.8 Å². The fourth-order valence-corrected chi connectivity index (χ4v) is 3.68. The zero-order valence-electron chi connectivity index (χ0n) is 13.7. The van der Waals surface area contributed by atoms with E-state index in [0.717, 1.165) is 32.7 Å². The maximum Gasteiger partial charge on any atom is 0.222 e. The number of carbonyl (C=O) groups is 1. The summed E-state index contributed by atoms with van der Waals surface area (Å²) in [6.45, 7) is 8.09. The monoisotopic (exact) mass is 301 g/mol. The molecule has 1 aromatic rings. The predicted octanol–water partition coefficient (Wildman–Crippen LogP) is 2.32. The van der Waals surface area contributed by atoms with Crippen LogP contribution in [-0.2, 0) is 4.79 Å². The third-order valence-corrected chi connectivity index (χ3v) is 4.97. The molecule has 4 nitrogen and oxygen atoms in total. The Balaban J connectivity index is 1.81. The number of para-hydroxylation sites is 1. The van der Waals surface area contributed by atoms with E-state index in [1.165, 1.54) is 5.69 Å². The van der Waals surface area contributed by atoms with Crippen LogP contribution in [0.1, 0.15) is 26.7 Å². The predicted molar refractivity (Wildman–Crippen MR) is 89.7 cm³/mol. The number of hydrogen-bond donors (Lipinski definition) is 1. The van der Waals surface area contributed by atoms with Crippen molar-refractivity contribution in [3.63, 3.8) is 0 Å². The second-order valence-electron chi connectivity index (χ2n) is 6.93. The summed E-state index contributed by atoms with van der Waals surface area (Å²) in [5, 5.41) is 3.57. The maximum absolute atomic E-state index is 12.3. The van der Waals surface area contributed by atoms with Gasteiger partial charge in [-0.3, -0.25) is 10.1 Å². The number of anilines is 1. The molecule has 120 valence electrons. The smallest absolute Gasteiger partial charge is 0.222 e. The quantitative estimate of drug-likeness (QED) is 0.910. The fourth-order valence-electron chi connectivity index (χ4n) is 3.68. The van der Waals surface area contributed by atoms with Gasteiger partial charge in [-0.25, -0.2) is 0 Å². The van der Waals surface area contributed by atoms with Gasteiger partial charge in [0.15, 0.2) is 0 Å². The summed E-state index contributed by atoms with van der Waals surface area (Å²) >= 11 is 0. The van der Waals surface area contributed by atoms with Gasteiger partial charge in [-0.1, -0.05) is 32.0 Å². The molecule has 0 spiro atoms. The van der Waals surface area contributed by atoms with E-state index in [0.29, 0.717) is 30.2 Å². The first kappa shape index (κ1) is 15.3. The van der Waals surface area contributed by atoms with Gasteiger partial charge in [0.05, 0.1) is 6.67 Å². The first-order valence-electron chi connectivity index (χ1n) is 8.45. The van der Waals surface area contributed by atoms with Crippen molar-refractivity contribution in [2.45, 2.75) is 32.7 Å². The van der Waals surface area contributed by atoms with Crippen molar-refractivity contribution in [2.24, 2.45) is 11.8 Å². The fraction of sp³-hybridized carbons (Fsp3) is 0.611. The van der Waals surface area contributed by atoms with E-state index in [2.05, 4.69) is 59.3 Å². The molecule has 2 saturated heterocycles. The summed E-state index contributed by atoms with van der Waals surface area (Å²) in [6.07, 6.45) is 1.72. The molecule has 2 bridgehead atoms. The van der Waals surface area contributed by atoms with Gasteiger partial charge < -0.3 is 9.80 Å². The van der Waals surface area contributed by atoms with Gasteiger partial charge in [-0.05, 0) is 30.4 Å². The Morgan fingerprint density at radius 1 is 1.18 bits per heavy atom. The summed E-state index contributed by atoms with van der Waals surface area (Å²) in [5.74, 6) is 1.39. The van der Waals surface area contributed by atoms with Crippen molar-refractivity contribution in [1.29, 1.82) is 0 Å². The van der Waals surface area contributed by atoms with Crippen molar-refractivity contribution < 1.29 is 4.79 Å². The van der Waals surface area contributed by atoms with Crippen molar-refractivity contribution in [3.8, 4) is 0 Å². The van der Waals surface area contributed by atoms with Gasteiger partial charge in [0.25, 0.3) is 0 Å². The molecule has 2 heterocycles. The highest BCUT2D eigenvalue weighted by Gasteiger charge is 2.34. The standard InChI is InChI=1S/C18H27N3O/c1-14(2)17-10-19-13-20(16-6-4-3-5-7-16)11-15-8-9-18(22)21(17)12-15/h3-7,14-15,17,19H,8-13H2,1-2H3/t15-,17?/m1/s1. The van der Waals surface area contributed by atoms with Crippen molar-refractivity contribution >= 4 is 11.6 Å². The van der Waals surface area contributed by atoms with Crippen molar-refractivity contribution in [2.75, 3.05) is 31.2 Å². The maximum atomic E-state index is 12.3. The lowest BCUT2D eigenvalue weighted by Gasteiger charge is -2.39. The number of nitrogens with zero attached hydrogens (tertiary/aromatic N) is 2. The van der Waals surface area contributed by atoms with E-state index in [1.54, 1.807) is 0 Å². The highest BCUT2D eigenvalue weighted by molar-refractivity contribution is 5.77. The lowest BCUT2D eigenvalue weighted by molar-refractivity contribution is -0.138. The number of hydrogen-bond acceptors (Lipinski definition) is 3. The number of benzene rings is 1. The normalized spacial score (nSPS) is 26.6. The Hall–Kier alpha value is -1.55. The van der Waals surface area contributed by atoms with E-state index in [-0.39, 0.29) is 0 Å². The van der Waals surface area contributed by atoms with Crippen LogP contribution in [0.25, 0.3) is 0 Å². The van der Waals surface area contributed by atoms with Crippen LogP contribution in [-0.4, -0.2) is 43.2 Å². The number of rotatable bonds is 2. The summed E-state index contributed by atoms with van der Waals surface area (Å²) in [4.78, 5) is 16.9. The van der Waals surface area contributed by atoms with Gasteiger partial charge in [0, 0.05) is 37.8 Å².